The van der Waals surface area contributed by atoms with Gasteiger partial charge in [0.25, 0.3) is 0 Å². The highest BCUT2D eigenvalue weighted by Crippen LogP contribution is 2.18. The molecule has 0 aromatic carbocycles. The maximum Gasteiger partial charge on any atom is 0.306 e. The van der Waals surface area contributed by atoms with Gasteiger partial charge in [0.1, 0.15) is 13.2 Å². The highest BCUT2D eigenvalue weighted by atomic mass is 16.6. The van der Waals surface area contributed by atoms with Crippen LogP contribution in [-0.4, -0.2) is 37.2 Å². The largest absolute Gasteiger partial charge is 0.462 e. The Morgan fingerprint density at radius 2 is 0.391 bits per heavy atom. The van der Waals surface area contributed by atoms with E-state index in [4.69, 9.17) is 14.2 Å². The summed E-state index contributed by atoms with van der Waals surface area (Å²) in [7, 11) is 0. The second kappa shape index (κ2) is 59.0. The third-order valence-corrected chi connectivity index (χ3v) is 14.6. The lowest BCUT2D eigenvalue weighted by molar-refractivity contribution is -0.167. The van der Waals surface area contributed by atoms with Crippen LogP contribution in [0.2, 0.25) is 0 Å². The van der Waals surface area contributed by atoms with Crippen molar-refractivity contribution in [2.75, 3.05) is 13.2 Å². The van der Waals surface area contributed by atoms with Gasteiger partial charge in [0.2, 0.25) is 0 Å². The minimum absolute atomic E-state index is 0.0606. The highest BCUT2D eigenvalue weighted by Gasteiger charge is 2.19. The molecule has 410 valence electrons. The zero-order valence-electron chi connectivity index (χ0n) is 47.1. The normalized spacial score (nSPS) is 11.9. The standard InChI is InChI=1S/C63H122O6/c1-4-7-10-13-16-19-22-25-28-29-30-31-32-33-34-36-38-41-44-47-50-53-56-62(65)68-59-60(58-67-61(64)55-52-49-46-43-40-37-27-24-21-18-15-12-9-6-3)69-63(66)57-54-51-48-45-42-39-35-26-23-20-17-14-11-8-5-2/h60H,4-59H2,1-3H3. The van der Waals surface area contributed by atoms with E-state index in [1.54, 1.807) is 0 Å². The van der Waals surface area contributed by atoms with Gasteiger partial charge in [-0.3, -0.25) is 14.4 Å². The average molecular weight is 976 g/mol. The van der Waals surface area contributed by atoms with Gasteiger partial charge in [0.15, 0.2) is 6.10 Å². The number of hydrogen-bond acceptors (Lipinski definition) is 6. The molecule has 0 heterocycles. The minimum Gasteiger partial charge on any atom is -0.462 e. The van der Waals surface area contributed by atoms with E-state index in [1.165, 1.54) is 270 Å². The number of carbonyl (C=O) groups excluding carboxylic acids is 3. The summed E-state index contributed by atoms with van der Waals surface area (Å²) in [5.41, 5.74) is 0. The van der Waals surface area contributed by atoms with Crippen LogP contribution in [0, 0.1) is 0 Å². The van der Waals surface area contributed by atoms with Gasteiger partial charge in [-0.15, -0.1) is 0 Å². The monoisotopic (exact) mass is 975 g/mol. The van der Waals surface area contributed by atoms with E-state index < -0.39 is 6.10 Å². The van der Waals surface area contributed by atoms with Crippen molar-refractivity contribution in [2.45, 2.75) is 374 Å². The van der Waals surface area contributed by atoms with Crippen LogP contribution in [0.5, 0.6) is 0 Å². The van der Waals surface area contributed by atoms with Gasteiger partial charge < -0.3 is 14.2 Å². The van der Waals surface area contributed by atoms with Crippen molar-refractivity contribution in [1.29, 1.82) is 0 Å². The Labute approximate surface area is 431 Å². The van der Waals surface area contributed by atoms with Crippen LogP contribution in [0.1, 0.15) is 367 Å². The van der Waals surface area contributed by atoms with Gasteiger partial charge in [0, 0.05) is 19.3 Å². The third kappa shape index (κ3) is 57.2. The predicted octanol–water partition coefficient (Wildman–Crippen LogP) is 21.1. The number of esters is 3. The first-order valence-corrected chi connectivity index (χ1v) is 31.5. The fourth-order valence-electron chi connectivity index (χ4n) is 9.86. The summed E-state index contributed by atoms with van der Waals surface area (Å²) < 4.78 is 16.9. The molecule has 6 heteroatoms. The van der Waals surface area contributed by atoms with Crippen LogP contribution in [0.15, 0.2) is 0 Å². The summed E-state index contributed by atoms with van der Waals surface area (Å²) >= 11 is 0. The topological polar surface area (TPSA) is 78.9 Å². The lowest BCUT2D eigenvalue weighted by Gasteiger charge is -2.18. The van der Waals surface area contributed by atoms with Crippen molar-refractivity contribution in [1.82, 2.24) is 0 Å². The number of rotatable bonds is 59. The summed E-state index contributed by atoms with van der Waals surface area (Å²) in [4.78, 5) is 38.2. The van der Waals surface area contributed by atoms with Crippen LogP contribution in [0.25, 0.3) is 0 Å². The zero-order valence-corrected chi connectivity index (χ0v) is 47.1. The molecule has 0 aromatic rings. The molecule has 0 amide bonds. The molecule has 0 N–H and O–H groups in total. The third-order valence-electron chi connectivity index (χ3n) is 14.6. The first-order chi connectivity index (χ1) is 34.0. The van der Waals surface area contributed by atoms with Crippen molar-refractivity contribution in [2.24, 2.45) is 0 Å². The number of unbranched alkanes of at least 4 members (excludes halogenated alkanes) is 48. The van der Waals surface area contributed by atoms with E-state index >= 15 is 0 Å². The molecule has 1 atom stereocenters. The summed E-state index contributed by atoms with van der Waals surface area (Å²) in [6, 6.07) is 0. The first kappa shape index (κ1) is 67.4. The molecule has 69 heavy (non-hydrogen) atoms. The van der Waals surface area contributed by atoms with Gasteiger partial charge in [-0.25, -0.2) is 0 Å². The Morgan fingerprint density at radius 3 is 0.580 bits per heavy atom. The fourth-order valence-corrected chi connectivity index (χ4v) is 9.86. The SMILES string of the molecule is CCCCCCCCCCCCCCCCCCCCCCCCC(=O)OCC(COC(=O)CCCCCCCCCCCCCCCC)OC(=O)CCCCCCCCCCCCCCCCC. The van der Waals surface area contributed by atoms with Gasteiger partial charge in [-0.05, 0) is 19.3 Å². The first-order valence-electron chi connectivity index (χ1n) is 31.5. The molecule has 0 saturated carbocycles. The van der Waals surface area contributed by atoms with E-state index in [-0.39, 0.29) is 31.1 Å². The summed E-state index contributed by atoms with van der Waals surface area (Å²) in [5, 5.41) is 0. The fraction of sp³-hybridized carbons (Fsp3) is 0.952. The van der Waals surface area contributed by atoms with Crippen molar-refractivity contribution < 1.29 is 28.6 Å². The Kier molecular flexibility index (Phi) is 57.6. The van der Waals surface area contributed by atoms with Crippen molar-refractivity contribution in [3.63, 3.8) is 0 Å². The van der Waals surface area contributed by atoms with Crippen LogP contribution in [-0.2, 0) is 28.6 Å². The maximum atomic E-state index is 12.9. The average Bonchev–Trinajstić information content (AvgIpc) is 3.35. The lowest BCUT2D eigenvalue weighted by atomic mass is 10.0. The van der Waals surface area contributed by atoms with Gasteiger partial charge in [-0.1, -0.05) is 329 Å². The van der Waals surface area contributed by atoms with E-state index in [1.807, 2.05) is 0 Å². The molecule has 0 aliphatic rings. The van der Waals surface area contributed by atoms with E-state index in [9.17, 15) is 14.4 Å². The van der Waals surface area contributed by atoms with Gasteiger partial charge in [-0.2, -0.15) is 0 Å². The maximum absolute atomic E-state index is 12.9. The second-order valence-corrected chi connectivity index (χ2v) is 21.7. The molecule has 0 spiro atoms. The van der Waals surface area contributed by atoms with E-state index in [2.05, 4.69) is 20.8 Å². The van der Waals surface area contributed by atoms with Gasteiger partial charge in [0.05, 0.1) is 0 Å². The van der Waals surface area contributed by atoms with Crippen LogP contribution in [0.4, 0.5) is 0 Å². The molecule has 0 saturated heterocycles. The zero-order chi connectivity index (χ0) is 50.0. The Hall–Kier alpha value is -1.59. The van der Waals surface area contributed by atoms with Gasteiger partial charge >= 0.3 is 17.9 Å². The molecule has 0 aromatic heterocycles. The minimum atomic E-state index is -0.761. The summed E-state index contributed by atoms with van der Waals surface area (Å²) in [6.45, 7) is 6.72. The smallest absolute Gasteiger partial charge is 0.306 e. The van der Waals surface area contributed by atoms with Crippen LogP contribution >= 0.6 is 0 Å². The summed E-state index contributed by atoms with van der Waals surface area (Å²) in [5.74, 6) is -0.827. The van der Waals surface area contributed by atoms with Crippen LogP contribution < -0.4 is 0 Å². The van der Waals surface area contributed by atoms with Crippen LogP contribution in [0.3, 0.4) is 0 Å². The molecule has 0 bridgehead atoms. The predicted molar refractivity (Wildman–Crippen MR) is 298 cm³/mol. The number of ether oxygens (including phenoxy) is 3. The molecule has 0 rings (SSSR count). The molecule has 0 radical (unpaired) electrons. The molecular formula is C63H122O6. The van der Waals surface area contributed by atoms with E-state index in [0.29, 0.717) is 19.3 Å². The Balaban J connectivity index is 4.23. The number of hydrogen-bond donors (Lipinski definition) is 0. The molecule has 0 aliphatic heterocycles. The quantitative estimate of drug-likeness (QED) is 0.0343. The number of carbonyl (C=O) groups is 3. The molecule has 1 unspecified atom stereocenters. The molecular weight excluding hydrogens is 853 g/mol. The Bertz CT molecular complexity index is 1030. The molecule has 6 nitrogen and oxygen atoms in total. The lowest BCUT2D eigenvalue weighted by Crippen LogP contribution is -2.30. The highest BCUT2D eigenvalue weighted by molar-refractivity contribution is 5.71. The van der Waals surface area contributed by atoms with E-state index in [0.717, 1.165) is 57.8 Å². The summed E-state index contributed by atoms with van der Waals surface area (Å²) in [6.07, 6.45) is 66.8. The van der Waals surface area contributed by atoms with Crippen molar-refractivity contribution >= 4 is 17.9 Å². The second-order valence-electron chi connectivity index (χ2n) is 21.7. The van der Waals surface area contributed by atoms with Crippen molar-refractivity contribution in [3.8, 4) is 0 Å². The Morgan fingerprint density at radius 1 is 0.232 bits per heavy atom. The molecule has 0 fully saturated rings. The van der Waals surface area contributed by atoms with Crippen molar-refractivity contribution in [3.05, 3.63) is 0 Å². The molecule has 0 aliphatic carbocycles.